The Hall–Kier alpha value is -0.610. The summed E-state index contributed by atoms with van der Waals surface area (Å²) in [5.41, 5.74) is 0. The van der Waals surface area contributed by atoms with E-state index in [1.807, 2.05) is 0 Å². The third-order valence-electron chi connectivity index (χ3n) is 4.73. The summed E-state index contributed by atoms with van der Waals surface area (Å²) in [6.45, 7) is 2.81. The number of aliphatic hydroxyl groups excluding tert-OH is 1. The lowest BCUT2D eigenvalue weighted by Gasteiger charge is -2.32. The first-order valence-corrected chi connectivity index (χ1v) is 8.40. The maximum atomic E-state index is 12.2. The van der Waals surface area contributed by atoms with Gasteiger partial charge < -0.3 is 10.4 Å². The molecule has 2 fully saturated rings. The zero-order valence-electron chi connectivity index (χ0n) is 12.6. The molecule has 1 saturated carbocycles. The second-order valence-corrected chi connectivity index (χ2v) is 6.51. The molecule has 1 amide bonds. The average Bonchev–Trinajstić information content (AvgIpc) is 2.68. The summed E-state index contributed by atoms with van der Waals surface area (Å²) in [6.07, 6.45) is 10.7. The standard InChI is InChI=1S/C16H30N2O2/c19-11-9-14-6-5-10-18(12-14)13-16(20)17-15-7-3-1-2-4-8-15/h14-15,19H,1-13H2,(H,17,20). The number of carbonyl (C=O) groups excluding carboxylic acids is 1. The number of hydrogen-bond acceptors (Lipinski definition) is 3. The molecule has 0 aromatic heterocycles. The molecule has 1 heterocycles. The Morgan fingerprint density at radius 2 is 1.85 bits per heavy atom. The Labute approximate surface area is 122 Å². The zero-order valence-corrected chi connectivity index (χ0v) is 12.6. The van der Waals surface area contributed by atoms with Gasteiger partial charge in [0, 0.05) is 19.2 Å². The second kappa shape index (κ2) is 8.63. The van der Waals surface area contributed by atoms with Gasteiger partial charge in [0.05, 0.1) is 6.54 Å². The molecule has 1 unspecified atom stereocenters. The smallest absolute Gasteiger partial charge is 0.234 e. The molecule has 0 radical (unpaired) electrons. The molecular formula is C16H30N2O2. The van der Waals surface area contributed by atoms with Crippen LogP contribution in [-0.4, -0.2) is 48.2 Å². The van der Waals surface area contributed by atoms with Crippen LogP contribution in [0, 0.1) is 5.92 Å². The molecule has 2 N–H and O–H groups in total. The molecular weight excluding hydrogens is 252 g/mol. The molecule has 0 spiro atoms. The highest BCUT2D eigenvalue weighted by atomic mass is 16.3. The molecule has 0 aromatic rings. The summed E-state index contributed by atoms with van der Waals surface area (Å²) in [6, 6.07) is 0.406. The van der Waals surface area contributed by atoms with Gasteiger partial charge in [-0.2, -0.15) is 0 Å². The van der Waals surface area contributed by atoms with Gasteiger partial charge in [-0.25, -0.2) is 0 Å². The van der Waals surface area contributed by atoms with Crippen LogP contribution in [0.5, 0.6) is 0 Å². The SMILES string of the molecule is O=C(CN1CCCC(CCO)C1)NC1CCCCCC1. The summed E-state index contributed by atoms with van der Waals surface area (Å²) in [4.78, 5) is 14.4. The van der Waals surface area contributed by atoms with Crippen LogP contribution in [0.25, 0.3) is 0 Å². The second-order valence-electron chi connectivity index (χ2n) is 6.51. The average molecular weight is 282 g/mol. The molecule has 1 aliphatic heterocycles. The lowest BCUT2D eigenvalue weighted by Crippen LogP contribution is -2.45. The van der Waals surface area contributed by atoms with Crippen molar-refractivity contribution in [2.75, 3.05) is 26.2 Å². The fraction of sp³-hybridized carbons (Fsp3) is 0.938. The Balaban J connectivity index is 1.70. The van der Waals surface area contributed by atoms with Gasteiger partial charge in [0.25, 0.3) is 0 Å². The molecule has 116 valence electrons. The van der Waals surface area contributed by atoms with Gasteiger partial charge in [0.15, 0.2) is 0 Å². The van der Waals surface area contributed by atoms with E-state index in [0.29, 0.717) is 18.5 Å². The number of piperidine rings is 1. The first-order chi connectivity index (χ1) is 9.78. The van der Waals surface area contributed by atoms with Crippen LogP contribution < -0.4 is 5.32 Å². The van der Waals surface area contributed by atoms with Crippen LogP contribution in [0.4, 0.5) is 0 Å². The summed E-state index contributed by atoms with van der Waals surface area (Å²) in [7, 11) is 0. The molecule has 1 aliphatic carbocycles. The third kappa shape index (κ3) is 5.41. The Morgan fingerprint density at radius 1 is 1.10 bits per heavy atom. The largest absolute Gasteiger partial charge is 0.396 e. The minimum absolute atomic E-state index is 0.196. The quantitative estimate of drug-likeness (QED) is 0.758. The topological polar surface area (TPSA) is 52.6 Å². The number of amides is 1. The molecule has 0 bridgehead atoms. The Kier molecular flexibility index (Phi) is 6.80. The van der Waals surface area contributed by atoms with Crippen LogP contribution in [0.2, 0.25) is 0 Å². The van der Waals surface area contributed by atoms with Gasteiger partial charge in [0.1, 0.15) is 0 Å². The third-order valence-corrected chi connectivity index (χ3v) is 4.73. The van der Waals surface area contributed by atoms with E-state index < -0.39 is 0 Å². The summed E-state index contributed by atoms with van der Waals surface area (Å²) >= 11 is 0. The van der Waals surface area contributed by atoms with Crippen LogP contribution in [0.1, 0.15) is 57.8 Å². The summed E-state index contributed by atoms with van der Waals surface area (Å²) in [5, 5.41) is 12.3. The van der Waals surface area contributed by atoms with E-state index in [0.717, 1.165) is 38.8 Å². The lowest BCUT2D eigenvalue weighted by molar-refractivity contribution is -0.123. The molecule has 2 aliphatic rings. The zero-order chi connectivity index (χ0) is 14.2. The van der Waals surface area contributed by atoms with E-state index in [9.17, 15) is 4.79 Å². The first kappa shape index (κ1) is 15.8. The molecule has 1 atom stereocenters. The number of rotatable bonds is 5. The Morgan fingerprint density at radius 3 is 2.55 bits per heavy atom. The van der Waals surface area contributed by atoms with Gasteiger partial charge in [-0.3, -0.25) is 9.69 Å². The van der Waals surface area contributed by atoms with Crippen LogP contribution >= 0.6 is 0 Å². The monoisotopic (exact) mass is 282 g/mol. The summed E-state index contributed by atoms with van der Waals surface area (Å²) in [5.74, 6) is 0.765. The minimum atomic E-state index is 0.196. The van der Waals surface area contributed by atoms with E-state index in [-0.39, 0.29) is 12.5 Å². The van der Waals surface area contributed by atoms with Gasteiger partial charge in [-0.1, -0.05) is 25.7 Å². The van der Waals surface area contributed by atoms with Crippen molar-refractivity contribution in [1.82, 2.24) is 10.2 Å². The number of carbonyl (C=O) groups is 1. The van der Waals surface area contributed by atoms with Crippen LogP contribution in [-0.2, 0) is 4.79 Å². The molecule has 0 aromatic carbocycles. The normalized spacial score (nSPS) is 26.1. The fourth-order valence-corrected chi connectivity index (χ4v) is 3.61. The van der Waals surface area contributed by atoms with Gasteiger partial charge in [0.2, 0.25) is 5.91 Å². The van der Waals surface area contributed by atoms with E-state index in [4.69, 9.17) is 5.11 Å². The van der Waals surface area contributed by atoms with Gasteiger partial charge in [-0.05, 0) is 44.6 Å². The number of likely N-dealkylation sites (tertiary alicyclic amines) is 1. The maximum absolute atomic E-state index is 12.2. The van der Waals surface area contributed by atoms with Crippen molar-refractivity contribution in [3.63, 3.8) is 0 Å². The van der Waals surface area contributed by atoms with Crippen molar-refractivity contribution < 1.29 is 9.90 Å². The summed E-state index contributed by atoms with van der Waals surface area (Å²) < 4.78 is 0. The first-order valence-electron chi connectivity index (χ1n) is 8.40. The number of nitrogens with one attached hydrogen (secondary N) is 1. The van der Waals surface area contributed by atoms with E-state index in [1.165, 1.54) is 32.1 Å². The molecule has 4 heteroatoms. The molecule has 1 saturated heterocycles. The van der Waals surface area contributed by atoms with Gasteiger partial charge in [-0.15, -0.1) is 0 Å². The van der Waals surface area contributed by atoms with Crippen molar-refractivity contribution in [3.05, 3.63) is 0 Å². The van der Waals surface area contributed by atoms with E-state index in [1.54, 1.807) is 0 Å². The fourth-order valence-electron chi connectivity index (χ4n) is 3.61. The predicted octanol–water partition coefficient (Wildman–Crippen LogP) is 1.92. The van der Waals surface area contributed by atoms with E-state index >= 15 is 0 Å². The maximum Gasteiger partial charge on any atom is 0.234 e. The highest BCUT2D eigenvalue weighted by Crippen LogP contribution is 2.19. The molecule has 20 heavy (non-hydrogen) atoms. The van der Waals surface area contributed by atoms with Crippen molar-refractivity contribution >= 4 is 5.91 Å². The van der Waals surface area contributed by atoms with Crippen molar-refractivity contribution in [3.8, 4) is 0 Å². The predicted molar refractivity (Wildman–Crippen MR) is 80.5 cm³/mol. The lowest BCUT2D eigenvalue weighted by atomic mass is 9.95. The van der Waals surface area contributed by atoms with Crippen LogP contribution in [0.15, 0.2) is 0 Å². The highest BCUT2D eigenvalue weighted by Gasteiger charge is 2.22. The van der Waals surface area contributed by atoms with E-state index in [2.05, 4.69) is 10.2 Å². The van der Waals surface area contributed by atoms with Crippen molar-refractivity contribution in [2.24, 2.45) is 5.92 Å². The Bertz CT molecular complexity index is 286. The molecule has 2 rings (SSSR count). The number of aliphatic hydroxyl groups is 1. The van der Waals surface area contributed by atoms with Crippen molar-refractivity contribution in [2.45, 2.75) is 63.8 Å². The van der Waals surface area contributed by atoms with Crippen LogP contribution in [0.3, 0.4) is 0 Å². The van der Waals surface area contributed by atoms with Crippen molar-refractivity contribution in [1.29, 1.82) is 0 Å². The number of hydrogen-bond donors (Lipinski definition) is 2. The minimum Gasteiger partial charge on any atom is -0.396 e. The van der Waals surface area contributed by atoms with Gasteiger partial charge >= 0.3 is 0 Å². The highest BCUT2D eigenvalue weighted by molar-refractivity contribution is 5.78. The molecule has 4 nitrogen and oxygen atoms in total. The number of nitrogens with zero attached hydrogens (tertiary/aromatic N) is 1.